The maximum atomic E-state index is 12.4. The van der Waals surface area contributed by atoms with Crippen molar-refractivity contribution in [3.05, 3.63) is 52.4 Å². The minimum atomic E-state index is -0.0679. The van der Waals surface area contributed by atoms with Gasteiger partial charge in [0, 0.05) is 19.2 Å². The van der Waals surface area contributed by atoms with Crippen molar-refractivity contribution in [2.24, 2.45) is 0 Å². The summed E-state index contributed by atoms with van der Waals surface area (Å²) in [4.78, 5) is 14.2. The highest BCUT2D eigenvalue weighted by atomic mass is 16.5. The molecule has 0 spiro atoms. The van der Waals surface area contributed by atoms with Crippen LogP contribution in [0.1, 0.15) is 40.6 Å². The van der Waals surface area contributed by atoms with Gasteiger partial charge in [-0.2, -0.15) is 0 Å². The maximum absolute atomic E-state index is 12.4. The third kappa shape index (κ3) is 2.58. The van der Waals surface area contributed by atoms with E-state index in [2.05, 4.69) is 28.7 Å². The van der Waals surface area contributed by atoms with E-state index in [1.54, 1.807) is 4.90 Å². The Hall–Kier alpha value is -2.30. The second kappa shape index (κ2) is 5.83. The number of aryl methyl sites for hydroxylation is 3. The van der Waals surface area contributed by atoms with Crippen molar-refractivity contribution in [1.82, 2.24) is 15.4 Å². The average Bonchev–Trinajstić information content (AvgIpc) is 3.08. The van der Waals surface area contributed by atoms with E-state index in [4.69, 9.17) is 4.52 Å². The van der Waals surface area contributed by atoms with Gasteiger partial charge in [-0.25, -0.2) is 4.79 Å². The molecule has 1 aliphatic rings. The van der Waals surface area contributed by atoms with E-state index in [0.717, 1.165) is 29.9 Å². The lowest BCUT2D eigenvalue weighted by molar-refractivity contribution is 0.189. The lowest BCUT2D eigenvalue weighted by Crippen LogP contribution is -2.38. The monoisotopic (exact) mass is 299 g/mol. The Morgan fingerprint density at radius 1 is 1.41 bits per heavy atom. The highest BCUT2D eigenvalue weighted by Gasteiger charge is 2.28. The summed E-state index contributed by atoms with van der Waals surface area (Å²) in [6.45, 7) is 4.19. The van der Waals surface area contributed by atoms with Crippen LogP contribution >= 0.6 is 0 Å². The quantitative estimate of drug-likeness (QED) is 0.947. The normalized spacial score (nSPS) is 16.4. The summed E-state index contributed by atoms with van der Waals surface area (Å²) in [5.74, 6) is 0.756. The number of carbonyl (C=O) groups excluding carboxylic acids is 1. The molecule has 1 aromatic carbocycles. The van der Waals surface area contributed by atoms with Gasteiger partial charge in [-0.05, 0) is 37.8 Å². The zero-order chi connectivity index (χ0) is 15.7. The number of hydrogen-bond donors (Lipinski definition) is 1. The Balaban J connectivity index is 1.66. The van der Waals surface area contributed by atoms with Crippen molar-refractivity contribution < 1.29 is 9.32 Å². The number of aromatic nitrogens is 1. The van der Waals surface area contributed by atoms with Crippen molar-refractivity contribution in [3.8, 4) is 0 Å². The molecule has 3 rings (SSSR count). The van der Waals surface area contributed by atoms with Crippen molar-refractivity contribution >= 4 is 6.03 Å². The summed E-state index contributed by atoms with van der Waals surface area (Å²) < 4.78 is 5.12. The van der Waals surface area contributed by atoms with Crippen LogP contribution < -0.4 is 5.32 Å². The van der Waals surface area contributed by atoms with Gasteiger partial charge in [-0.15, -0.1) is 0 Å². The minimum absolute atomic E-state index is 0.0679. The lowest BCUT2D eigenvalue weighted by atomic mass is 10.1. The van der Waals surface area contributed by atoms with Crippen LogP contribution in [0.3, 0.4) is 0 Å². The second-order valence-electron chi connectivity index (χ2n) is 5.83. The fraction of sp³-hybridized carbons (Fsp3) is 0.412. The molecule has 0 fully saturated rings. The van der Waals surface area contributed by atoms with E-state index >= 15 is 0 Å². The Morgan fingerprint density at radius 3 is 2.91 bits per heavy atom. The topological polar surface area (TPSA) is 58.4 Å². The predicted octanol–water partition coefficient (Wildman–Crippen LogP) is 3.12. The Kier molecular flexibility index (Phi) is 3.88. The molecule has 1 N–H and O–H groups in total. The van der Waals surface area contributed by atoms with Gasteiger partial charge >= 0.3 is 6.03 Å². The Labute approximate surface area is 130 Å². The maximum Gasteiger partial charge on any atom is 0.317 e. The first-order chi connectivity index (χ1) is 10.6. The molecular formula is C17H21N3O2. The van der Waals surface area contributed by atoms with Gasteiger partial charge in [0.25, 0.3) is 0 Å². The molecule has 1 heterocycles. The fourth-order valence-electron chi connectivity index (χ4n) is 3.12. The van der Waals surface area contributed by atoms with Crippen molar-refractivity contribution in [2.75, 3.05) is 7.05 Å². The third-order valence-corrected chi connectivity index (χ3v) is 4.49. The lowest BCUT2D eigenvalue weighted by Gasteiger charge is -2.25. The minimum Gasteiger partial charge on any atom is -0.361 e. The molecule has 0 bridgehead atoms. The molecule has 0 saturated carbocycles. The number of amides is 2. The van der Waals surface area contributed by atoms with E-state index in [1.165, 1.54) is 11.1 Å². The van der Waals surface area contributed by atoms with E-state index in [0.29, 0.717) is 6.54 Å². The number of urea groups is 1. The summed E-state index contributed by atoms with van der Waals surface area (Å²) in [6.07, 6.45) is 2.01. The van der Waals surface area contributed by atoms with Gasteiger partial charge in [-0.3, -0.25) is 0 Å². The van der Waals surface area contributed by atoms with Crippen LogP contribution in [-0.4, -0.2) is 23.1 Å². The number of rotatable bonds is 3. The molecule has 0 aliphatic heterocycles. The first-order valence-electron chi connectivity index (χ1n) is 7.58. The van der Waals surface area contributed by atoms with Gasteiger partial charge in [0.1, 0.15) is 5.76 Å². The molecule has 5 heteroatoms. The molecule has 2 aromatic rings. The van der Waals surface area contributed by atoms with Crippen LogP contribution in [0, 0.1) is 13.8 Å². The average molecular weight is 299 g/mol. The summed E-state index contributed by atoms with van der Waals surface area (Å²) in [7, 11) is 1.86. The summed E-state index contributed by atoms with van der Waals surface area (Å²) >= 11 is 0. The highest BCUT2D eigenvalue weighted by molar-refractivity contribution is 5.74. The molecule has 5 nitrogen and oxygen atoms in total. The van der Waals surface area contributed by atoms with Gasteiger partial charge in [0.2, 0.25) is 0 Å². The number of nitrogens with one attached hydrogen (secondary N) is 1. The fourth-order valence-corrected chi connectivity index (χ4v) is 3.12. The smallest absolute Gasteiger partial charge is 0.317 e. The molecule has 1 unspecified atom stereocenters. The first-order valence-corrected chi connectivity index (χ1v) is 7.58. The number of carbonyl (C=O) groups is 1. The molecule has 0 radical (unpaired) electrons. The van der Waals surface area contributed by atoms with E-state index < -0.39 is 0 Å². The van der Waals surface area contributed by atoms with Gasteiger partial charge < -0.3 is 14.7 Å². The SMILES string of the molecule is Cc1noc(C)c1CNC(=O)N(C)C1CCc2ccccc21. The molecule has 2 amide bonds. The number of hydrogen-bond acceptors (Lipinski definition) is 3. The molecule has 116 valence electrons. The number of fused-ring (bicyclic) bond motifs is 1. The highest BCUT2D eigenvalue weighted by Crippen LogP contribution is 2.34. The van der Waals surface area contributed by atoms with E-state index in [-0.39, 0.29) is 12.1 Å². The zero-order valence-electron chi connectivity index (χ0n) is 13.2. The number of benzene rings is 1. The second-order valence-corrected chi connectivity index (χ2v) is 5.83. The molecular weight excluding hydrogens is 278 g/mol. The first kappa shape index (κ1) is 14.6. The van der Waals surface area contributed by atoms with Crippen molar-refractivity contribution in [3.63, 3.8) is 0 Å². The van der Waals surface area contributed by atoms with Gasteiger partial charge in [0.15, 0.2) is 0 Å². The van der Waals surface area contributed by atoms with Crippen LogP contribution in [0.2, 0.25) is 0 Å². The van der Waals surface area contributed by atoms with Crippen LogP contribution in [0.5, 0.6) is 0 Å². The van der Waals surface area contributed by atoms with Gasteiger partial charge in [-0.1, -0.05) is 29.4 Å². The molecule has 22 heavy (non-hydrogen) atoms. The van der Waals surface area contributed by atoms with Crippen LogP contribution in [0.15, 0.2) is 28.8 Å². The number of nitrogens with zero attached hydrogens (tertiary/aromatic N) is 2. The standard InChI is InChI=1S/C17H21N3O2/c1-11-15(12(2)22-19-11)10-18-17(21)20(3)16-9-8-13-6-4-5-7-14(13)16/h4-7,16H,8-10H2,1-3H3,(H,18,21). The Morgan fingerprint density at radius 2 is 2.18 bits per heavy atom. The summed E-state index contributed by atoms with van der Waals surface area (Å²) in [5, 5.41) is 6.87. The van der Waals surface area contributed by atoms with E-state index in [9.17, 15) is 4.79 Å². The molecule has 0 saturated heterocycles. The van der Waals surface area contributed by atoms with Crippen molar-refractivity contribution in [2.45, 2.75) is 39.3 Å². The van der Waals surface area contributed by atoms with Gasteiger partial charge in [0.05, 0.1) is 11.7 Å². The van der Waals surface area contributed by atoms with Crippen LogP contribution in [-0.2, 0) is 13.0 Å². The molecule has 1 atom stereocenters. The van der Waals surface area contributed by atoms with E-state index in [1.807, 2.05) is 27.0 Å². The predicted molar refractivity (Wildman–Crippen MR) is 83.5 cm³/mol. The summed E-state index contributed by atoms with van der Waals surface area (Å²) in [6, 6.07) is 8.43. The molecule has 1 aliphatic carbocycles. The van der Waals surface area contributed by atoms with Crippen molar-refractivity contribution in [1.29, 1.82) is 0 Å². The van der Waals surface area contributed by atoms with Crippen LogP contribution in [0.4, 0.5) is 4.79 Å². The molecule has 1 aromatic heterocycles. The summed E-state index contributed by atoms with van der Waals surface area (Å²) in [5.41, 5.74) is 4.38. The third-order valence-electron chi connectivity index (χ3n) is 4.49. The zero-order valence-corrected chi connectivity index (χ0v) is 13.2. The van der Waals surface area contributed by atoms with Crippen LogP contribution in [0.25, 0.3) is 0 Å². The Bertz CT molecular complexity index is 673. The largest absolute Gasteiger partial charge is 0.361 e.